The first-order valence-corrected chi connectivity index (χ1v) is 8.52. The quantitative estimate of drug-likeness (QED) is 0.671. The van der Waals surface area contributed by atoms with Gasteiger partial charge in [-0.25, -0.2) is 0 Å². The number of hydrogen-bond acceptors (Lipinski definition) is 4. The van der Waals surface area contributed by atoms with E-state index in [1.165, 1.54) is 12.1 Å². The summed E-state index contributed by atoms with van der Waals surface area (Å²) in [6.45, 7) is 0.518. The third-order valence-corrected chi connectivity index (χ3v) is 4.50. The van der Waals surface area contributed by atoms with Gasteiger partial charge >= 0.3 is 6.36 Å². The average Bonchev–Trinajstić information content (AvgIpc) is 3.44. The molecule has 1 saturated carbocycles. The van der Waals surface area contributed by atoms with Crippen molar-refractivity contribution in [1.82, 2.24) is 5.32 Å². The lowest BCUT2D eigenvalue weighted by molar-refractivity contribution is -0.274. The second kappa shape index (κ2) is 7.48. The first-order chi connectivity index (χ1) is 12.8. The van der Waals surface area contributed by atoms with Gasteiger partial charge in [0.25, 0.3) is 5.91 Å². The Morgan fingerprint density at radius 3 is 2.33 bits per heavy atom. The monoisotopic (exact) mass is 379 g/mol. The highest BCUT2D eigenvalue weighted by atomic mass is 19.4. The van der Waals surface area contributed by atoms with Crippen molar-refractivity contribution in [1.29, 1.82) is 0 Å². The highest BCUT2D eigenvalue weighted by Crippen LogP contribution is 2.43. The molecule has 144 valence electrons. The molecule has 1 aliphatic carbocycles. The van der Waals surface area contributed by atoms with E-state index in [0.29, 0.717) is 11.6 Å². The van der Waals surface area contributed by atoms with E-state index in [1.54, 1.807) is 0 Å². The van der Waals surface area contributed by atoms with Crippen molar-refractivity contribution in [2.75, 3.05) is 5.73 Å². The molecular weight excluding hydrogens is 359 g/mol. The zero-order chi connectivity index (χ0) is 19.6. The molecule has 1 aliphatic rings. The molecule has 3 rings (SSSR count). The van der Waals surface area contributed by atoms with Crippen molar-refractivity contribution in [3.8, 4) is 5.75 Å². The second-order valence-corrected chi connectivity index (χ2v) is 6.43. The van der Waals surface area contributed by atoms with Gasteiger partial charge in [0.1, 0.15) is 5.75 Å². The van der Waals surface area contributed by atoms with Crippen LogP contribution in [0.2, 0.25) is 0 Å². The zero-order valence-electron chi connectivity index (χ0n) is 14.5. The Bertz CT molecular complexity index is 831. The fourth-order valence-electron chi connectivity index (χ4n) is 3.03. The Morgan fingerprint density at radius 2 is 1.78 bits per heavy atom. The van der Waals surface area contributed by atoms with Crippen LogP contribution in [0.3, 0.4) is 0 Å². The number of amides is 1. The maximum absolute atomic E-state index is 12.4. The number of ether oxygens (including phenoxy) is 1. The molecular formula is C19H20F3N3O2. The van der Waals surface area contributed by atoms with Gasteiger partial charge in [0.05, 0.1) is 0 Å². The van der Waals surface area contributed by atoms with E-state index in [4.69, 9.17) is 11.5 Å². The SMILES string of the molecule is NCc1c(N)ccc(C2CC2)c1CNC(=O)c1ccc(OC(F)(F)F)cc1. The van der Waals surface area contributed by atoms with Gasteiger partial charge in [0.15, 0.2) is 0 Å². The van der Waals surface area contributed by atoms with E-state index in [-0.39, 0.29) is 24.4 Å². The smallest absolute Gasteiger partial charge is 0.406 e. The fourth-order valence-corrected chi connectivity index (χ4v) is 3.03. The number of nitrogen functional groups attached to an aromatic ring is 1. The maximum atomic E-state index is 12.4. The molecule has 5 nitrogen and oxygen atoms in total. The predicted molar refractivity (Wildman–Crippen MR) is 95.0 cm³/mol. The van der Waals surface area contributed by atoms with Gasteiger partial charge in [0.2, 0.25) is 0 Å². The average molecular weight is 379 g/mol. The third kappa shape index (κ3) is 4.71. The molecule has 0 spiro atoms. The Morgan fingerprint density at radius 1 is 1.11 bits per heavy atom. The molecule has 0 heterocycles. The zero-order valence-corrected chi connectivity index (χ0v) is 14.5. The van der Waals surface area contributed by atoms with Crippen molar-refractivity contribution in [3.05, 3.63) is 58.7 Å². The number of nitrogens with two attached hydrogens (primary N) is 2. The standard InChI is InChI=1S/C19H20F3N3O2/c20-19(21,22)27-13-5-3-12(4-6-13)18(26)25-10-16-14(11-1-2-11)7-8-17(24)15(16)9-23/h3-8,11H,1-2,9-10,23-24H2,(H,25,26). The lowest BCUT2D eigenvalue weighted by atomic mass is 9.96. The summed E-state index contributed by atoms with van der Waals surface area (Å²) >= 11 is 0. The number of hydrogen-bond donors (Lipinski definition) is 3. The Kier molecular flexibility index (Phi) is 5.27. The Hall–Kier alpha value is -2.74. The van der Waals surface area contributed by atoms with Gasteiger partial charge in [-0.1, -0.05) is 6.07 Å². The van der Waals surface area contributed by atoms with Crippen molar-refractivity contribution in [3.63, 3.8) is 0 Å². The summed E-state index contributed by atoms with van der Waals surface area (Å²) in [5, 5.41) is 2.79. The summed E-state index contributed by atoms with van der Waals surface area (Å²) in [5.74, 6) is -0.321. The van der Waals surface area contributed by atoms with Crippen LogP contribution in [-0.4, -0.2) is 12.3 Å². The van der Waals surface area contributed by atoms with E-state index in [2.05, 4.69) is 10.1 Å². The van der Waals surface area contributed by atoms with E-state index in [9.17, 15) is 18.0 Å². The lowest BCUT2D eigenvalue weighted by Gasteiger charge is -2.17. The lowest BCUT2D eigenvalue weighted by Crippen LogP contribution is -2.25. The number of carbonyl (C=O) groups is 1. The van der Waals surface area contributed by atoms with Crippen LogP contribution in [0.1, 0.15) is 45.8 Å². The molecule has 0 saturated heterocycles. The number of nitrogens with one attached hydrogen (secondary N) is 1. The molecule has 0 atom stereocenters. The largest absolute Gasteiger partial charge is 0.573 e. The summed E-state index contributed by atoms with van der Waals surface area (Å²) in [6.07, 6.45) is -2.58. The van der Waals surface area contributed by atoms with Crippen LogP contribution in [0.25, 0.3) is 0 Å². The van der Waals surface area contributed by atoms with Crippen LogP contribution < -0.4 is 21.5 Å². The predicted octanol–water partition coefficient (Wildman–Crippen LogP) is 3.43. The number of alkyl halides is 3. The topological polar surface area (TPSA) is 90.4 Å². The van der Waals surface area contributed by atoms with Crippen LogP contribution in [0.15, 0.2) is 36.4 Å². The summed E-state index contributed by atoms with van der Waals surface area (Å²) in [5.41, 5.74) is 15.5. The van der Waals surface area contributed by atoms with Gasteiger partial charge in [-0.05, 0) is 65.8 Å². The first kappa shape index (κ1) is 19.0. The number of anilines is 1. The summed E-state index contributed by atoms with van der Waals surface area (Å²) in [7, 11) is 0. The Labute approximate surface area is 154 Å². The van der Waals surface area contributed by atoms with Crippen molar-refractivity contribution >= 4 is 11.6 Å². The molecule has 0 radical (unpaired) electrons. The minimum atomic E-state index is -4.77. The molecule has 2 aromatic rings. The molecule has 5 N–H and O–H groups in total. The van der Waals surface area contributed by atoms with Crippen LogP contribution in [0.5, 0.6) is 5.75 Å². The summed E-state index contributed by atoms with van der Waals surface area (Å²) < 4.78 is 40.4. The normalized spacial score (nSPS) is 14.1. The van der Waals surface area contributed by atoms with Gasteiger partial charge in [-0.3, -0.25) is 4.79 Å². The van der Waals surface area contributed by atoms with Crippen molar-refractivity contribution < 1.29 is 22.7 Å². The molecule has 0 aromatic heterocycles. The molecule has 0 aliphatic heterocycles. The first-order valence-electron chi connectivity index (χ1n) is 8.52. The highest BCUT2D eigenvalue weighted by Gasteiger charge is 2.31. The van der Waals surface area contributed by atoms with Crippen molar-refractivity contribution in [2.24, 2.45) is 5.73 Å². The van der Waals surface area contributed by atoms with Crippen LogP contribution in [-0.2, 0) is 13.1 Å². The van der Waals surface area contributed by atoms with E-state index in [0.717, 1.165) is 41.7 Å². The molecule has 1 amide bonds. The number of halogens is 3. The van der Waals surface area contributed by atoms with E-state index in [1.807, 2.05) is 12.1 Å². The Balaban J connectivity index is 1.72. The van der Waals surface area contributed by atoms with E-state index >= 15 is 0 Å². The minimum Gasteiger partial charge on any atom is -0.406 e. The molecule has 0 bridgehead atoms. The van der Waals surface area contributed by atoms with Crippen LogP contribution in [0.4, 0.5) is 18.9 Å². The summed E-state index contributed by atoms with van der Waals surface area (Å²) in [6, 6.07) is 8.56. The molecule has 2 aromatic carbocycles. The van der Waals surface area contributed by atoms with E-state index < -0.39 is 12.3 Å². The van der Waals surface area contributed by atoms with Crippen molar-refractivity contribution in [2.45, 2.75) is 38.2 Å². The van der Waals surface area contributed by atoms with Gasteiger partial charge in [-0.15, -0.1) is 13.2 Å². The summed E-state index contributed by atoms with van der Waals surface area (Å²) in [4.78, 5) is 12.4. The molecule has 1 fully saturated rings. The molecule has 0 unspecified atom stereocenters. The molecule has 27 heavy (non-hydrogen) atoms. The highest BCUT2D eigenvalue weighted by molar-refractivity contribution is 5.94. The number of benzene rings is 2. The third-order valence-electron chi connectivity index (χ3n) is 4.50. The maximum Gasteiger partial charge on any atom is 0.573 e. The second-order valence-electron chi connectivity index (χ2n) is 6.43. The minimum absolute atomic E-state index is 0.232. The van der Waals surface area contributed by atoms with Crippen LogP contribution >= 0.6 is 0 Å². The number of rotatable bonds is 6. The van der Waals surface area contributed by atoms with Crippen LogP contribution in [0, 0.1) is 0 Å². The molecule has 8 heteroatoms. The number of carbonyl (C=O) groups excluding carboxylic acids is 1. The van der Waals surface area contributed by atoms with Gasteiger partial charge in [-0.2, -0.15) is 0 Å². The fraction of sp³-hybridized carbons (Fsp3) is 0.316. The van der Waals surface area contributed by atoms with Gasteiger partial charge < -0.3 is 21.5 Å². The van der Waals surface area contributed by atoms with Gasteiger partial charge in [0, 0.05) is 24.3 Å².